The third-order valence-corrected chi connectivity index (χ3v) is 3.96. The number of carbonyl (C=O) groups excluding carboxylic acids is 1. The Kier molecular flexibility index (Phi) is 5.20. The molecule has 0 aliphatic heterocycles. The predicted octanol–water partition coefficient (Wildman–Crippen LogP) is 4.66. The number of hydrogen-bond donors (Lipinski definition) is 1. The molecule has 0 saturated heterocycles. The smallest absolute Gasteiger partial charge is 0.234 e. The molecule has 0 atom stereocenters. The van der Waals surface area contributed by atoms with Gasteiger partial charge in [0, 0.05) is 15.6 Å². The Labute approximate surface area is 130 Å². The van der Waals surface area contributed by atoms with Gasteiger partial charge in [-0.2, -0.15) is 0 Å². The molecule has 6 heteroatoms. The third-order valence-electron chi connectivity index (χ3n) is 2.73. The van der Waals surface area contributed by atoms with E-state index in [4.69, 9.17) is 11.6 Å². The lowest BCUT2D eigenvalue weighted by atomic mass is 10.2. The third kappa shape index (κ3) is 4.44. The molecule has 0 aliphatic carbocycles. The highest BCUT2D eigenvalue weighted by atomic mass is 35.5. The second-order valence-corrected chi connectivity index (χ2v) is 5.86. The van der Waals surface area contributed by atoms with Gasteiger partial charge in [0.15, 0.2) is 11.6 Å². The van der Waals surface area contributed by atoms with Gasteiger partial charge in [-0.15, -0.1) is 11.8 Å². The molecule has 0 heterocycles. The molecule has 1 amide bonds. The first-order valence-corrected chi connectivity index (χ1v) is 7.46. The van der Waals surface area contributed by atoms with E-state index in [1.807, 2.05) is 6.92 Å². The maximum Gasteiger partial charge on any atom is 0.234 e. The van der Waals surface area contributed by atoms with Gasteiger partial charge in [0.25, 0.3) is 0 Å². The number of benzene rings is 2. The number of anilines is 1. The molecule has 2 nitrogen and oxygen atoms in total. The minimum atomic E-state index is -0.925. The number of halogens is 3. The number of amides is 1. The van der Waals surface area contributed by atoms with Crippen LogP contribution in [0.25, 0.3) is 0 Å². The zero-order chi connectivity index (χ0) is 15.4. The summed E-state index contributed by atoms with van der Waals surface area (Å²) in [5.74, 6) is -1.98. The van der Waals surface area contributed by atoms with Crippen molar-refractivity contribution in [1.82, 2.24) is 0 Å². The van der Waals surface area contributed by atoms with Gasteiger partial charge in [0.05, 0.1) is 5.75 Å². The minimum Gasteiger partial charge on any atom is -0.325 e. The highest BCUT2D eigenvalue weighted by Gasteiger charge is 2.08. The molecule has 21 heavy (non-hydrogen) atoms. The summed E-state index contributed by atoms with van der Waals surface area (Å²) in [7, 11) is 0. The van der Waals surface area contributed by atoms with Crippen molar-refractivity contribution in [3.05, 3.63) is 58.6 Å². The minimum absolute atomic E-state index is 0.0943. The molecule has 2 aromatic rings. The molecule has 0 fully saturated rings. The molecule has 110 valence electrons. The van der Waals surface area contributed by atoms with Gasteiger partial charge in [-0.05, 0) is 42.8 Å². The van der Waals surface area contributed by atoms with Gasteiger partial charge in [-0.25, -0.2) is 8.78 Å². The first kappa shape index (κ1) is 15.8. The summed E-state index contributed by atoms with van der Waals surface area (Å²) in [5, 5.41) is 3.27. The molecule has 0 bridgehead atoms. The molecule has 0 aliphatic rings. The number of rotatable bonds is 4. The summed E-state index contributed by atoms with van der Waals surface area (Å²) < 4.78 is 25.8. The molecule has 2 rings (SSSR count). The Bertz CT molecular complexity index is 679. The molecule has 0 spiro atoms. The fourth-order valence-corrected chi connectivity index (χ4v) is 2.52. The average Bonchev–Trinajstić information content (AvgIpc) is 2.44. The monoisotopic (exact) mass is 327 g/mol. The Morgan fingerprint density at radius 2 is 1.95 bits per heavy atom. The highest BCUT2D eigenvalue weighted by Crippen LogP contribution is 2.23. The highest BCUT2D eigenvalue weighted by molar-refractivity contribution is 8.00. The maximum atomic E-state index is 13.0. The van der Waals surface area contributed by atoms with Gasteiger partial charge >= 0.3 is 0 Å². The van der Waals surface area contributed by atoms with Crippen LogP contribution in [0.5, 0.6) is 0 Å². The molecule has 0 unspecified atom stereocenters. The van der Waals surface area contributed by atoms with E-state index >= 15 is 0 Å². The molecular weight excluding hydrogens is 316 g/mol. The number of thioether (sulfide) groups is 1. The van der Waals surface area contributed by atoms with Crippen LogP contribution in [0.3, 0.4) is 0 Å². The van der Waals surface area contributed by atoms with Crippen LogP contribution < -0.4 is 5.32 Å². The van der Waals surface area contributed by atoms with Crippen LogP contribution in [0.15, 0.2) is 41.3 Å². The Morgan fingerprint density at radius 3 is 2.67 bits per heavy atom. The summed E-state index contributed by atoms with van der Waals surface area (Å²) in [4.78, 5) is 12.4. The fraction of sp³-hybridized carbons (Fsp3) is 0.133. The lowest BCUT2D eigenvalue weighted by molar-refractivity contribution is -0.113. The van der Waals surface area contributed by atoms with Gasteiger partial charge in [-0.1, -0.05) is 17.7 Å². The Morgan fingerprint density at radius 1 is 1.19 bits per heavy atom. The van der Waals surface area contributed by atoms with Gasteiger partial charge in [0.1, 0.15) is 0 Å². The fourth-order valence-electron chi connectivity index (χ4n) is 1.63. The van der Waals surface area contributed by atoms with E-state index in [1.165, 1.54) is 6.07 Å². The van der Waals surface area contributed by atoms with E-state index in [-0.39, 0.29) is 11.7 Å². The van der Waals surface area contributed by atoms with E-state index in [1.54, 1.807) is 18.2 Å². The summed E-state index contributed by atoms with van der Waals surface area (Å²) >= 11 is 7.00. The number of aryl methyl sites for hydroxylation is 1. The van der Waals surface area contributed by atoms with Gasteiger partial charge in [-0.3, -0.25) is 4.79 Å². The van der Waals surface area contributed by atoms with Gasteiger partial charge < -0.3 is 5.32 Å². The molecule has 2 aromatic carbocycles. The van der Waals surface area contributed by atoms with Crippen LogP contribution >= 0.6 is 23.4 Å². The first-order valence-electron chi connectivity index (χ1n) is 6.09. The van der Waals surface area contributed by atoms with Crippen molar-refractivity contribution in [2.45, 2.75) is 11.8 Å². The van der Waals surface area contributed by atoms with Crippen molar-refractivity contribution in [2.75, 3.05) is 11.1 Å². The van der Waals surface area contributed by atoms with Crippen LogP contribution in [0, 0.1) is 18.6 Å². The normalized spacial score (nSPS) is 10.5. The van der Waals surface area contributed by atoms with Crippen LogP contribution in [0.4, 0.5) is 14.5 Å². The lowest BCUT2D eigenvalue weighted by Gasteiger charge is -2.08. The molecule has 0 aromatic heterocycles. The van der Waals surface area contributed by atoms with E-state index in [0.717, 1.165) is 29.5 Å². The van der Waals surface area contributed by atoms with E-state index < -0.39 is 11.6 Å². The summed E-state index contributed by atoms with van der Waals surface area (Å²) in [6, 6.07) is 8.75. The first-order chi connectivity index (χ1) is 9.95. The maximum absolute atomic E-state index is 13.0. The second kappa shape index (κ2) is 6.91. The number of hydrogen-bond acceptors (Lipinski definition) is 2. The van der Waals surface area contributed by atoms with Crippen molar-refractivity contribution in [3.63, 3.8) is 0 Å². The number of nitrogens with one attached hydrogen (secondary N) is 1. The quantitative estimate of drug-likeness (QED) is 0.828. The van der Waals surface area contributed by atoms with E-state index in [0.29, 0.717) is 15.6 Å². The van der Waals surface area contributed by atoms with Crippen LogP contribution in [0.2, 0.25) is 5.02 Å². The summed E-state index contributed by atoms with van der Waals surface area (Å²) in [6.07, 6.45) is 0. The number of carbonyl (C=O) groups is 1. The van der Waals surface area contributed by atoms with Crippen LogP contribution in [-0.4, -0.2) is 11.7 Å². The lowest BCUT2D eigenvalue weighted by Crippen LogP contribution is -2.14. The van der Waals surface area contributed by atoms with Crippen molar-refractivity contribution in [3.8, 4) is 0 Å². The van der Waals surface area contributed by atoms with Gasteiger partial charge in [0.2, 0.25) is 5.91 Å². The van der Waals surface area contributed by atoms with Crippen molar-refractivity contribution in [1.29, 1.82) is 0 Å². The van der Waals surface area contributed by atoms with Crippen molar-refractivity contribution < 1.29 is 13.6 Å². The Hall–Kier alpha value is -1.59. The molecular formula is C15H12ClF2NOS. The van der Waals surface area contributed by atoms with E-state index in [9.17, 15) is 13.6 Å². The zero-order valence-corrected chi connectivity index (χ0v) is 12.7. The van der Waals surface area contributed by atoms with Crippen molar-refractivity contribution in [2.24, 2.45) is 0 Å². The second-order valence-electron chi connectivity index (χ2n) is 4.37. The SMILES string of the molecule is Cc1ccc(Cl)cc1NC(=O)CSc1ccc(F)c(F)c1. The summed E-state index contributed by atoms with van der Waals surface area (Å²) in [6.45, 7) is 1.86. The molecule has 0 saturated carbocycles. The van der Waals surface area contributed by atoms with Crippen molar-refractivity contribution >= 4 is 35.0 Å². The molecule has 0 radical (unpaired) electrons. The standard InChI is InChI=1S/C15H12ClF2NOS/c1-9-2-3-10(16)6-14(9)19-15(20)8-21-11-4-5-12(17)13(18)7-11/h2-7H,8H2,1H3,(H,19,20). The molecule has 1 N–H and O–H groups in total. The van der Waals surface area contributed by atoms with Crippen LogP contribution in [0.1, 0.15) is 5.56 Å². The topological polar surface area (TPSA) is 29.1 Å². The van der Waals surface area contributed by atoms with E-state index in [2.05, 4.69) is 5.32 Å². The zero-order valence-electron chi connectivity index (χ0n) is 11.1. The Balaban J connectivity index is 1.95. The summed E-state index contributed by atoms with van der Waals surface area (Å²) in [5.41, 5.74) is 1.53. The van der Waals surface area contributed by atoms with Crippen LogP contribution in [-0.2, 0) is 4.79 Å². The predicted molar refractivity (Wildman–Crippen MR) is 81.9 cm³/mol. The average molecular weight is 328 g/mol. The largest absolute Gasteiger partial charge is 0.325 e.